The van der Waals surface area contributed by atoms with Crippen molar-refractivity contribution in [1.29, 1.82) is 0 Å². The summed E-state index contributed by atoms with van der Waals surface area (Å²) in [5.41, 5.74) is 0.940. The Labute approximate surface area is 45.5 Å². The van der Waals surface area contributed by atoms with E-state index >= 15 is 0 Å². The minimum absolute atomic E-state index is 0.899. The van der Waals surface area contributed by atoms with Crippen LogP contribution in [0.1, 0.15) is 12.8 Å². The van der Waals surface area contributed by atoms with E-state index in [1.807, 2.05) is 0 Å². The standard InChI is InChI=1S/C6H11N/c1-4-5-6(2)7-3/h1-2,4-5H2,3H3/b7-6-. The Kier molecular flexibility index (Phi) is 3.67. The molecule has 0 unspecified atom stereocenters. The highest BCUT2D eigenvalue weighted by atomic mass is 14.7. The zero-order valence-electron chi connectivity index (χ0n) is 4.78. The molecule has 0 saturated heterocycles. The summed E-state index contributed by atoms with van der Waals surface area (Å²) in [5.74, 6) is 0. The summed E-state index contributed by atoms with van der Waals surface area (Å²) in [7, 11) is 1.75. The topological polar surface area (TPSA) is 12.4 Å². The summed E-state index contributed by atoms with van der Waals surface area (Å²) < 4.78 is 0. The molecule has 0 N–H and O–H groups in total. The molecular weight excluding hydrogens is 86.1 g/mol. The third kappa shape index (κ3) is 3.50. The molecule has 0 heterocycles. The molecule has 0 atom stereocenters. The van der Waals surface area contributed by atoms with Gasteiger partial charge in [0, 0.05) is 12.8 Å². The highest BCUT2D eigenvalue weighted by Crippen LogP contribution is 1.87. The Balaban J connectivity index is 3.17. The van der Waals surface area contributed by atoms with Crippen LogP contribution in [0, 0.1) is 13.8 Å². The van der Waals surface area contributed by atoms with Gasteiger partial charge in [0.1, 0.15) is 0 Å². The van der Waals surface area contributed by atoms with Crippen LogP contribution < -0.4 is 0 Å². The smallest absolute Gasteiger partial charge is 0.0276 e. The molecule has 0 bridgehead atoms. The highest BCUT2D eigenvalue weighted by molar-refractivity contribution is 5.88. The van der Waals surface area contributed by atoms with Crippen LogP contribution in [0.25, 0.3) is 0 Å². The lowest BCUT2D eigenvalue weighted by Gasteiger charge is -1.89. The average molecular weight is 97.2 g/mol. The lowest BCUT2D eigenvalue weighted by molar-refractivity contribution is 1.09. The van der Waals surface area contributed by atoms with Crippen molar-refractivity contribution in [3.05, 3.63) is 13.8 Å². The van der Waals surface area contributed by atoms with Crippen LogP contribution in [-0.4, -0.2) is 12.8 Å². The summed E-state index contributed by atoms with van der Waals surface area (Å²) in [6.45, 7) is 7.31. The number of rotatable bonds is 2. The van der Waals surface area contributed by atoms with Crippen LogP contribution in [0.2, 0.25) is 0 Å². The van der Waals surface area contributed by atoms with Gasteiger partial charge in [0.2, 0.25) is 0 Å². The summed E-state index contributed by atoms with van der Waals surface area (Å²) in [6, 6.07) is 0. The first-order chi connectivity index (χ1) is 3.31. The molecule has 0 aromatic rings. The molecule has 0 amide bonds. The molecular formula is C6H11N. The van der Waals surface area contributed by atoms with Gasteiger partial charge < -0.3 is 0 Å². The largest absolute Gasteiger partial charge is 0.297 e. The molecule has 0 aromatic carbocycles. The molecule has 7 heavy (non-hydrogen) atoms. The van der Waals surface area contributed by atoms with Gasteiger partial charge >= 0.3 is 0 Å². The molecule has 0 spiro atoms. The number of hydrogen-bond donors (Lipinski definition) is 0. The van der Waals surface area contributed by atoms with Crippen molar-refractivity contribution in [3.8, 4) is 0 Å². The fourth-order valence-electron chi connectivity index (χ4n) is 0.316. The van der Waals surface area contributed by atoms with Crippen molar-refractivity contribution in [2.75, 3.05) is 7.05 Å². The maximum absolute atomic E-state index is 3.84. The van der Waals surface area contributed by atoms with Crippen LogP contribution in [0.3, 0.4) is 0 Å². The summed E-state index contributed by atoms with van der Waals surface area (Å²) in [5, 5.41) is 0. The number of aliphatic imine (C=N–C) groups is 1. The minimum Gasteiger partial charge on any atom is -0.297 e. The van der Waals surface area contributed by atoms with Gasteiger partial charge in [-0.25, -0.2) is 0 Å². The van der Waals surface area contributed by atoms with Crippen LogP contribution >= 0.6 is 0 Å². The third-order valence-corrected chi connectivity index (χ3v) is 0.782. The van der Waals surface area contributed by atoms with Crippen molar-refractivity contribution < 1.29 is 0 Å². The lowest BCUT2D eigenvalue weighted by Crippen LogP contribution is -1.87. The second-order valence-electron chi connectivity index (χ2n) is 1.39. The summed E-state index contributed by atoms with van der Waals surface area (Å²) in [4.78, 5) is 3.84. The maximum atomic E-state index is 3.84. The Bertz CT molecular complexity index is 64.6. The fourth-order valence-corrected chi connectivity index (χ4v) is 0.316. The van der Waals surface area contributed by atoms with E-state index in [1.54, 1.807) is 7.05 Å². The van der Waals surface area contributed by atoms with E-state index in [9.17, 15) is 0 Å². The van der Waals surface area contributed by atoms with Gasteiger partial charge in [-0.1, -0.05) is 6.92 Å². The average Bonchev–Trinajstić information content (AvgIpc) is 1.68. The maximum Gasteiger partial charge on any atom is 0.0276 e. The third-order valence-electron chi connectivity index (χ3n) is 0.782. The van der Waals surface area contributed by atoms with Crippen LogP contribution in [0.4, 0.5) is 0 Å². The van der Waals surface area contributed by atoms with E-state index in [-0.39, 0.29) is 0 Å². The second kappa shape index (κ2) is 3.85. The van der Waals surface area contributed by atoms with E-state index in [2.05, 4.69) is 18.8 Å². The first-order valence-electron chi connectivity index (χ1n) is 2.38. The van der Waals surface area contributed by atoms with Gasteiger partial charge in [0.05, 0.1) is 0 Å². The lowest BCUT2D eigenvalue weighted by atomic mass is 10.2. The second-order valence-corrected chi connectivity index (χ2v) is 1.39. The zero-order chi connectivity index (χ0) is 5.70. The molecule has 0 saturated carbocycles. The van der Waals surface area contributed by atoms with E-state index in [0.29, 0.717) is 0 Å². The van der Waals surface area contributed by atoms with Crippen molar-refractivity contribution >= 4 is 5.71 Å². The normalized spacial score (nSPS) is 12.1. The van der Waals surface area contributed by atoms with Gasteiger partial charge in [0.15, 0.2) is 0 Å². The van der Waals surface area contributed by atoms with Gasteiger partial charge in [-0.15, -0.1) is 0 Å². The van der Waals surface area contributed by atoms with Crippen molar-refractivity contribution in [2.45, 2.75) is 12.8 Å². The Morgan fingerprint density at radius 3 is 2.43 bits per heavy atom. The predicted octanol–water partition coefficient (Wildman–Crippen LogP) is 1.51. The van der Waals surface area contributed by atoms with Crippen LogP contribution in [0.15, 0.2) is 4.99 Å². The highest BCUT2D eigenvalue weighted by Gasteiger charge is 1.82. The SMILES string of the molecule is [CH2]CC/C([CH2])=N\C. The van der Waals surface area contributed by atoms with Crippen molar-refractivity contribution in [2.24, 2.45) is 4.99 Å². The molecule has 0 aliphatic rings. The van der Waals surface area contributed by atoms with Crippen LogP contribution in [-0.2, 0) is 0 Å². The molecule has 0 rings (SSSR count). The molecule has 2 radical (unpaired) electrons. The molecule has 0 aliphatic carbocycles. The Hall–Kier alpha value is -0.330. The van der Waals surface area contributed by atoms with E-state index < -0.39 is 0 Å². The molecule has 0 fully saturated rings. The Morgan fingerprint density at radius 2 is 2.29 bits per heavy atom. The molecule has 1 heteroatoms. The first kappa shape index (κ1) is 6.67. The zero-order valence-corrected chi connectivity index (χ0v) is 4.78. The molecule has 40 valence electrons. The van der Waals surface area contributed by atoms with E-state index in [0.717, 1.165) is 18.6 Å². The van der Waals surface area contributed by atoms with Gasteiger partial charge in [-0.2, -0.15) is 0 Å². The monoisotopic (exact) mass is 97.1 g/mol. The predicted molar refractivity (Wildman–Crippen MR) is 33.3 cm³/mol. The summed E-state index contributed by atoms with van der Waals surface area (Å²) in [6.07, 6.45) is 1.83. The minimum atomic E-state index is 0.899. The summed E-state index contributed by atoms with van der Waals surface area (Å²) >= 11 is 0. The first-order valence-corrected chi connectivity index (χ1v) is 2.38. The molecule has 0 aliphatic heterocycles. The van der Waals surface area contributed by atoms with Gasteiger partial charge in [-0.05, 0) is 19.8 Å². The van der Waals surface area contributed by atoms with E-state index in [4.69, 9.17) is 0 Å². The number of hydrogen-bond acceptors (Lipinski definition) is 1. The Morgan fingerprint density at radius 1 is 1.71 bits per heavy atom. The number of nitrogens with zero attached hydrogens (tertiary/aromatic N) is 1. The van der Waals surface area contributed by atoms with E-state index in [1.165, 1.54) is 0 Å². The molecule has 1 nitrogen and oxygen atoms in total. The fraction of sp³-hybridized carbons (Fsp3) is 0.500. The molecule has 0 aromatic heterocycles. The van der Waals surface area contributed by atoms with Gasteiger partial charge in [-0.3, -0.25) is 4.99 Å². The quantitative estimate of drug-likeness (QED) is 0.463. The van der Waals surface area contributed by atoms with Gasteiger partial charge in [0.25, 0.3) is 0 Å². The van der Waals surface area contributed by atoms with Crippen LogP contribution in [0.5, 0.6) is 0 Å². The van der Waals surface area contributed by atoms with Crippen molar-refractivity contribution in [3.63, 3.8) is 0 Å². The van der Waals surface area contributed by atoms with Crippen molar-refractivity contribution in [1.82, 2.24) is 0 Å².